The lowest BCUT2D eigenvalue weighted by Gasteiger charge is -2.19. The lowest BCUT2D eigenvalue weighted by Crippen LogP contribution is -2.25. The van der Waals surface area contributed by atoms with Gasteiger partial charge in [-0.3, -0.25) is 4.79 Å². The summed E-state index contributed by atoms with van der Waals surface area (Å²) in [5, 5.41) is 11.0. The fourth-order valence-electron chi connectivity index (χ4n) is 3.11. The third-order valence-electron chi connectivity index (χ3n) is 5.04. The minimum absolute atomic E-state index is 0.115. The van der Waals surface area contributed by atoms with Gasteiger partial charge in [0, 0.05) is 36.4 Å². The highest BCUT2D eigenvalue weighted by atomic mass is 35.5. The zero-order valence-corrected chi connectivity index (χ0v) is 20.7. The maximum Gasteiger partial charge on any atom is 0.250 e. The van der Waals surface area contributed by atoms with E-state index in [4.69, 9.17) is 11.6 Å². The molecule has 0 atom stereocenters. The van der Waals surface area contributed by atoms with E-state index in [0.29, 0.717) is 22.9 Å². The Kier molecular flexibility index (Phi) is 8.37. The summed E-state index contributed by atoms with van der Waals surface area (Å²) < 4.78 is 0. The summed E-state index contributed by atoms with van der Waals surface area (Å²) in [6.45, 7) is 10.9. The molecular weight excluding hydrogens is 452 g/mol. The van der Waals surface area contributed by atoms with Crippen molar-refractivity contribution in [3.05, 3.63) is 58.6 Å². The number of anilines is 5. The minimum Gasteiger partial charge on any atom is -0.341 e. The maximum absolute atomic E-state index is 11.2. The first-order valence-corrected chi connectivity index (χ1v) is 11.4. The van der Waals surface area contributed by atoms with Gasteiger partial charge >= 0.3 is 0 Å². The zero-order valence-electron chi connectivity index (χ0n) is 20.0. The number of benzene rings is 2. The standard InChI is InChI=1S/C24H29ClN8O/c1-6-33(7-2)24-29-22(27-20-11-8-15(3)21(25)14-20)28-23(30-24)32-31-16(4)18-9-12-19(13-10-18)26-17(5)34/h8-14H,6-7H2,1-5H3,(H,26,34)(H2,27,28,29,30,32)/b31-16-. The highest BCUT2D eigenvalue weighted by molar-refractivity contribution is 6.31. The molecule has 0 aliphatic carbocycles. The highest BCUT2D eigenvalue weighted by Crippen LogP contribution is 2.23. The van der Waals surface area contributed by atoms with Crippen LogP contribution in [-0.2, 0) is 4.79 Å². The second-order valence-electron chi connectivity index (χ2n) is 7.61. The Morgan fingerprint density at radius 2 is 1.62 bits per heavy atom. The van der Waals surface area contributed by atoms with E-state index in [1.54, 1.807) is 0 Å². The molecule has 10 heteroatoms. The van der Waals surface area contributed by atoms with Gasteiger partial charge in [-0.15, -0.1) is 0 Å². The van der Waals surface area contributed by atoms with Crippen molar-refractivity contribution in [2.24, 2.45) is 5.10 Å². The number of nitrogens with zero attached hydrogens (tertiary/aromatic N) is 5. The molecule has 1 aromatic heterocycles. The average molecular weight is 481 g/mol. The van der Waals surface area contributed by atoms with Gasteiger partial charge in [-0.2, -0.15) is 20.1 Å². The number of halogens is 1. The Balaban J connectivity index is 1.85. The molecule has 2 aromatic carbocycles. The molecule has 0 unspecified atom stereocenters. The number of aromatic nitrogens is 3. The van der Waals surface area contributed by atoms with Crippen molar-refractivity contribution in [1.29, 1.82) is 0 Å². The maximum atomic E-state index is 11.2. The normalized spacial score (nSPS) is 11.2. The van der Waals surface area contributed by atoms with Crippen LogP contribution in [0.25, 0.3) is 0 Å². The number of carbonyl (C=O) groups is 1. The Bertz CT molecular complexity index is 1180. The second-order valence-corrected chi connectivity index (χ2v) is 8.02. The van der Waals surface area contributed by atoms with E-state index in [1.165, 1.54) is 6.92 Å². The number of amides is 1. The molecule has 0 spiro atoms. The van der Waals surface area contributed by atoms with Crippen LogP contribution in [0.15, 0.2) is 47.6 Å². The predicted octanol–water partition coefficient (Wildman–Crippen LogP) is 5.22. The van der Waals surface area contributed by atoms with Crippen LogP contribution in [0, 0.1) is 6.92 Å². The molecule has 3 aromatic rings. The quantitative estimate of drug-likeness (QED) is 0.284. The van der Waals surface area contributed by atoms with E-state index in [9.17, 15) is 4.79 Å². The second kappa shape index (κ2) is 11.4. The number of hydrogen-bond donors (Lipinski definition) is 3. The van der Waals surface area contributed by atoms with Crippen LogP contribution in [0.3, 0.4) is 0 Å². The Hall–Kier alpha value is -3.72. The highest BCUT2D eigenvalue weighted by Gasteiger charge is 2.12. The molecule has 9 nitrogen and oxygen atoms in total. The fraction of sp³-hybridized carbons (Fsp3) is 0.292. The number of rotatable bonds is 9. The SMILES string of the molecule is CCN(CC)c1nc(N/N=C(/C)c2ccc(NC(C)=O)cc2)nc(Nc2ccc(C)c(Cl)c2)n1. The predicted molar refractivity (Wildman–Crippen MR) is 139 cm³/mol. The molecule has 0 fully saturated rings. The molecule has 1 amide bonds. The van der Waals surface area contributed by atoms with E-state index in [0.717, 1.165) is 41.3 Å². The summed E-state index contributed by atoms with van der Waals surface area (Å²) >= 11 is 6.26. The first-order valence-electron chi connectivity index (χ1n) is 11.0. The lowest BCUT2D eigenvalue weighted by atomic mass is 10.1. The van der Waals surface area contributed by atoms with Gasteiger partial charge in [0.15, 0.2) is 0 Å². The zero-order chi connectivity index (χ0) is 24.7. The van der Waals surface area contributed by atoms with Crippen molar-refractivity contribution in [2.45, 2.75) is 34.6 Å². The van der Waals surface area contributed by atoms with Crippen molar-refractivity contribution in [1.82, 2.24) is 15.0 Å². The average Bonchev–Trinajstić information content (AvgIpc) is 2.81. The van der Waals surface area contributed by atoms with E-state index >= 15 is 0 Å². The molecule has 0 saturated heterocycles. The topological polar surface area (TPSA) is 107 Å². The Labute approximate surface area is 204 Å². The van der Waals surface area contributed by atoms with Crippen molar-refractivity contribution < 1.29 is 4.79 Å². The van der Waals surface area contributed by atoms with Gasteiger partial charge in [-0.05, 0) is 63.1 Å². The summed E-state index contributed by atoms with van der Waals surface area (Å²) in [7, 11) is 0. The van der Waals surface area contributed by atoms with Crippen LogP contribution in [0.4, 0.5) is 29.2 Å². The van der Waals surface area contributed by atoms with Gasteiger partial charge in [0.25, 0.3) is 0 Å². The lowest BCUT2D eigenvalue weighted by molar-refractivity contribution is -0.114. The van der Waals surface area contributed by atoms with Gasteiger partial charge in [0.2, 0.25) is 23.8 Å². The molecular formula is C24H29ClN8O. The van der Waals surface area contributed by atoms with Crippen LogP contribution >= 0.6 is 11.6 Å². The van der Waals surface area contributed by atoms with Crippen LogP contribution in [-0.4, -0.2) is 39.7 Å². The first-order chi connectivity index (χ1) is 16.3. The Morgan fingerprint density at radius 1 is 0.971 bits per heavy atom. The largest absolute Gasteiger partial charge is 0.341 e. The van der Waals surface area contributed by atoms with E-state index in [2.05, 4.69) is 36.1 Å². The molecule has 0 radical (unpaired) electrons. The minimum atomic E-state index is -0.115. The van der Waals surface area contributed by atoms with Gasteiger partial charge < -0.3 is 15.5 Å². The van der Waals surface area contributed by atoms with Crippen molar-refractivity contribution in [3.8, 4) is 0 Å². The number of nitrogens with one attached hydrogen (secondary N) is 3. The van der Waals surface area contributed by atoms with Crippen LogP contribution in [0.2, 0.25) is 5.02 Å². The molecule has 1 heterocycles. The monoisotopic (exact) mass is 480 g/mol. The molecule has 0 saturated carbocycles. The number of carbonyl (C=O) groups excluding carboxylic acids is 1. The third kappa shape index (κ3) is 6.64. The van der Waals surface area contributed by atoms with Crippen LogP contribution < -0.4 is 21.0 Å². The molecule has 34 heavy (non-hydrogen) atoms. The van der Waals surface area contributed by atoms with Crippen molar-refractivity contribution >= 4 is 52.4 Å². The summed E-state index contributed by atoms with van der Waals surface area (Å²) in [4.78, 5) is 26.8. The summed E-state index contributed by atoms with van der Waals surface area (Å²) in [6.07, 6.45) is 0. The van der Waals surface area contributed by atoms with Crippen molar-refractivity contribution in [2.75, 3.05) is 34.0 Å². The van der Waals surface area contributed by atoms with E-state index in [1.807, 2.05) is 75.1 Å². The van der Waals surface area contributed by atoms with E-state index < -0.39 is 0 Å². The molecule has 3 N–H and O–H groups in total. The smallest absolute Gasteiger partial charge is 0.250 e. The van der Waals surface area contributed by atoms with Gasteiger partial charge in [0.1, 0.15) is 0 Å². The van der Waals surface area contributed by atoms with Crippen LogP contribution in [0.1, 0.15) is 38.8 Å². The van der Waals surface area contributed by atoms with Crippen LogP contribution in [0.5, 0.6) is 0 Å². The molecule has 0 bridgehead atoms. The number of hydrazone groups is 1. The van der Waals surface area contributed by atoms with Crippen molar-refractivity contribution in [3.63, 3.8) is 0 Å². The summed E-state index contributed by atoms with van der Waals surface area (Å²) in [5.41, 5.74) is 7.07. The number of hydrogen-bond acceptors (Lipinski definition) is 8. The van der Waals surface area contributed by atoms with Gasteiger partial charge in [-0.25, -0.2) is 5.43 Å². The van der Waals surface area contributed by atoms with E-state index in [-0.39, 0.29) is 5.91 Å². The molecule has 3 rings (SSSR count). The molecule has 178 valence electrons. The third-order valence-corrected chi connectivity index (χ3v) is 5.45. The molecule has 0 aliphatic rings. The number of aryl methyl sites for hydroxylation is 1. The fourth-order valence-corrected chi connectivity index (χ4v) is 3.30. The molecule has 0 aliphatic heterocycles. The van der Waals surface area contributed by atoms with Gasteiger partial charge in [-0.1, -0.05) is 29.8 Å². The van der Waals surface area contributed by atoms with Gasteiger partial charge in [0.05, 0.1) is 5.71 Å². The summed E-state index contributed by atoms with van der Waals surface area (Å²) in [5.74, 6) is 1.12. The first kappa shape index (κ1) is 24.9. The summed E-state index contributed by atoms with van der Waals surface area (Å²) in [6, 6.07) is 13.1. The Morgan fingerprint density at radius 3 is 2.24 bits per heavy atom.